The molecular weight excluding hydrogens is 200 g/mol. The SMILES string of the molecule is C=C/C=C\C(=C/C)SC(/C=C\C)=C/C=C. The van der Waals surface area contributed by atoms with E-state index in [0.29, 0.717) is 0 Å². The Hall–Kier alpha value is -1.21. The van der Waals surface area contributed by atoms with E-state index in [-0.39, 0.29) is 0 Å². The topological polar surface area (TPSA) is 0 Å². The Morgan fingerprint density at radius 3 is 2.20 bits per heavy atom. The van der Waals surface area contributed by atoms with Gasteiger partial charge in [-0.15, -0.1) is 0 Å². The molecule has 0 aliphatic carbocycles. The van der Waals surface area contributed by atoms with Gasteiger partial charge in [-0.1, -0.05) is 61.4 Å². The van der Waals surface area contributed by atoms with Gasteiger partial charge in [-0.25, -0.2) is 0 Å². The van der Waals surface area contributed by atoms with Gasteiger partial charge in [-0.2, -0.15) is 0 Å². The molecule has 0 saturated heterocycles. The van der Waals surface area contributed by atoms with Gasteiger partial charge >= 0.3 is 0 Å². The molecule has 0 N–H and O–H groups in total. The van der Waals surface area contributed by atoms with Crippen LogP contribution in [0.25, 0.3) is 0 Å². The molecule has 0 bridgehead atoms. The quantitative estimate of drug-likeness (QED) is 0.565. The summed E-state index contributed by atoms with van der Waals surface area (Å²) in [7, 11) is 0. The minimum atomic E-state index is 1.18. The molecule has 0 amide bonds. The molecule has 80 valence electrons. The van der Waals surface area contributed by atoms with Gasteiger partial charge in [0.15, 0.2) is 0 Å². The molecule has 1 heteroatoms. The zero-order valence-electron chi connectivity index (χ0n) is 9.44. The first-order valence-electron chi connectivity index (χ1n) is 4.87. The maximum atomic E-state index is 3.70. The third-order valence-electron chi connectivity index (χ3n) is 1.53. The third kappa shape index (κ3) is 6.81. The predicted molar refractivity (Wildman–Crippen MR) is 73.8 cm³/mol. The van der Waals surface area contributed by atoms with Crippen LogP contribution in [0, 0.1) is 0 Å². The highest BCUT2D eigenvalue weighted by Crippen LogP contribution is 2.27. The van der Waals surface area contributed by atoms with Gasteiger partial charge in [-0.05, 0) is 26.0 Å². The van der Waals surface area contributed by atoms with Crippen molar-refractivity contribution in [3.8, 4) is 0 Å². The van der Waals surface area contributed by atoms with Crippen molar-refractivity contribution in [3.05, 3.63) is 71.6 Å². The standard InChI is InChI=1S/C14H18S/c1-5-9-12-13(8-4)15-14(10-6-2)11-7-3/h5-12H,1-2H2,3-4H3/b11-7-,12-9-,13-8+,14-10+. The lowest BCUT2D eigenvalue weighted by Gasteiger charge is -2.01. The summed E-state index contributed by atoms with van der Waals surface area (Å²) in [5, 5.41) is 0. The van der Waals surface area contributed by atoms with E-state index in [1.165, 1.54) is 9.81 Å². The Morgan fingerprint density at radius 2 is 1.73 bits per heavy atom. The summed E-state index contributed by atoms with van der Waals surface area (Å²) in [4.78, 5) is 2.37. The summed E-state index contributed by atoms with van der Waals surface area (Å²) in [5.74, 6) is 0. The second-order valence-electron chi connectivity index (χ2n) is 2.69. The minimum absolute atomic E-state index is 1.18. The fraction of sp³-hybridized carbons (Fsp3) is 0.143. The Labute approximate surface area is 97.5 Å². The summed E-state index contributed by atoms with van der Waals surface area (Å²) in [6.07, 6.45) is 15.7. The smallest absolute Gasteiger partial charge is 0.0118 e. The van der Waals surface area contributed by atoms with Crippen molar-refractivity contribution in [2.24, 2.45) is 0 Å². The number of hydrogen-bond donors (Lipinski definition) is 0. The van der Waals surface area contributed by atoms with Gasteiger partial charge in [0.05, 0.1) is 0 Å². The zero-order valence-corrected chi connectivity index (χ0v) is 10.3. The van der Waals surface area contributed by atoms with Crippen LogP contribution in [0.3, 0.4) is 0 Å². The van der Waals surface area contributed by atoms with Crippen molar-refractivity contribution in [1.29, 1.82) is 0 Å². The molecule has 15 heavy (non-hydrogen) atoms. The van der Waals surface area contributed by atoms with E-state index < -0.39 is 0 Å². The van der Waals surface area contributed by atoms with Gasteiger partial charge in [0.2, 0.25) is 0 Å². The first-order valence-corrected chi connectivity index (χ1v) is 5.68. The van der Waals surface area contributed by atoms with Crippen molar-refractivity contribution >= 4 is 11.8 Å². The summed E-state index contributed by atoms with van der Waals surface area (Å²) in [5.41, 5.74) is 0. The first-order chi connectivity index (χ1) is 7.28. The van der Waals surface area contributed by atoms with Crippen LogP contribution in [0.15, 0.2) is 71.6 Å². The van der Waals surface area contributed by atoms with Gasteiger partial charge in [0.1, 0.15) is 0 Å². The molecule has 0 fully saturated rings. The van der Waals surface area contributed by atoms with Crippen molar-refractivity contribution in [3.63, 3.8) is 0 Å². The Kier molecular flexibility index (Phi) is 8.59. The first kappa shape index (κ1) is 13.8. The van der Waals surface area contributed by atoms with Gasteiger partial charge in [0, 0.05) is 9.81 Å². The highest BCUT2D eigenvalue weighted by Gasteiger charge is 1.95. The minimum Gasteiger partial charge on any atom is -0.0991 e. The molecule has 0 aromatic heterocycles. The van der Waals surface area contributed by atoms with Crippen molar-refractivity contribution in [2.75, 3.05) is 0 Å². The second kappa shape index (κ2) is 9.35. The van der Waals surface area contributed by atoms with Crippen LogP contribution >= 0.6 is 11.8 Å². The average Bonchev–Trinajstić information content (AvgIpc) is 2.24. The maximum Gasteiger partial charge on any atom is 0.0118 e. The van der Waals surface area contributed by atoms with Crippen molar-refractivity contribution in [1.82, 2.24) is 0 Å². The molecule has 0 aromatic rings. The molecule has 0 rings (SSSR count). The number of thioether (sulfide) groups is 1. The van der Waals surface area contributed by atoms with Gasteiger partial charge in [-0.3, -0.25) is 0 Å². The highest BCUT2D eigenvalue weighted by atomic mass is 32.2. The molecule has 0 aliphatic heterocycles. The van der Waals surface area contributed by atoms with Crippen LogP contribution in [0.1, 0.15) is 13.8 Å². The molecule has 0 atom stereocenters. The van der Waals surface area contributed by atoms with Crippen LogP contribution in [0.5, 0.6) is 0 Å². The lowest BCUT2D eigenvalue weighted by Crippen LogP contribution is -1.73. The van der Waals surface area contributed by atoms with E-state index in [9.17, 15) is 0 Å². The van der Waals surface area contributed by atoms with E-state index in [2.05, 4.69) is 25.3 Å². The monoisotopic (exact) mass is 218 g/mol. The fourth-order valence-electron chi connectivity index (χ4n) is 0.892. The zero-order chi connectivity index (χ0) is 11.5. The van der Waals surface area contributed by atoms with Crippen molar-refractivity contribution in [2.45, 2.75) is 13.8 Å². The largest absolute Gasteiger partial charge is 0.0991 e. The Morgan fingerprint density at radius 1 is 1.00 bits per heavy atom. The third-order valence-corrected chi connectivity index (χ3v) is 2.65. The van der Waals surface area contributed by atoms with E-state index in [1.807, 2.05) is 38.2 Å². The van der Waals surface area contributed by atoms with Crippen LogP contribution in [-0.2, 0) is 0 Å². The van der Waals surface area contributed by atoms with Crippen LogP contribution in [0.2, 0.25) is 0 Å². The van der Waals surface area contributed by atoms with Crippen LogP contribution < -0.4 is 0 Å². The summed E-state index contributed by atoms with van der Waals surface area (Å²) >= 11 is 1.71. The lowest BCUT2D eigenvalue weighted by atomic mass is 10.4. The van der Waals surface area contributed by atoms with Crippen LogP contribution in [-0.4, -0.2) is 0 Å². The summed E-state index contributed by atoms with van der Waals surface area (Å²) < 4.78 is 0. The normalized spacial score (nSPS) is 13.7. The lowest BCUT2D eigenvalue weighted by molar-refractivity contribution is 1.69. The molecule has 0 radical (unpaired) electrons. The maximum absolute atomic E-state index is 3.70. The van der Waals surface area contributed by atoms with E-state index in [1.54, 1.807) is 23.9 Å². The predicted octanol–water partition coefficient (Wildman–Crippen LogP) is 5.01. The second-order valence-corrected chi connectivity index (χ2v) is 3.84. The van der Waals surface area contributed by atoms with E-state index >= 15 is 0 Å². The van der Waals surface area contributed by atoms with Gasteiger partial charge in [0.25, 0.3) is 0 Å². The van der Waals surface area contributed by atoms with E-state index in [0.717, 1.165) is 0 Å². The molecule has 0 heterocycles. The Bertz CT molecular complexity index is 314. The summed E-state index contributed by atoms with van der Waals surface area (Å²) in [6.45, 7) is 11.4. The van der Waals surface area contributed by atoms with Crippen LogP contribution in [0.4, 0.5) is 0 Å². The Balaban J connectivity index is 4.64. The fourth-order valence-corrected chi connectivity index (χ4v) is 1.80. The highest BCUT2D eigenvalue weighted by molar-refractivity contribution is 8.07. The molecule has 0 aliphatic rings. The molecule has 0 spiro atoms. The number of allylic oxidation sites excluding steroid dienone is 8. The molecule has 0 saturated carbocycles. The number of rotatable bonds is 6. The molecule has 0 aromatic carbocycles. The van der Waals surface area contributed by atoms with Gasteiger partial charge < -0.3 is 0 Å². The summed E-state index contributed by atoms with van der Waals surface area (Å²) in [6, 6.07) is 0. The average molecular weight is 218 g/mol. The van der Waals surface area contributed by atoms with E-state index in [4.69, 9.17) is 0 Å². The molecule has 0 unspecified atom stereocenters. The number of hydrogen-bond acceptors (Lipinski definition) is 1. The van der Waals surface area contributed by atoms with Crippen molar-refractivity contribution < 1.29 is 0 Å². The molecular formula is C14H18S. The molecule has 0 nitrogen and oxygen atoms in total.